The van der Waals surface area contributed by atoms with Crippen molar-refractivity contribution in [2.75, 3.05) is 19.1 Å². The van der Waals surface area contributed by atoms with Gasteiger partial charge in [0.25, 0.3) is 5.56 Å². The van der Waals surface area contributed by atoms with E-state index in [1.807, 2.05) is 0 Å². The first kappa shape index (κ1) is 12.9. The van der Waals surface area contributed by atoms with Crippen LogP contribution in [0.3, 0.4) is 0 Å². The Kier molecular flexibility index (Phi) is 5.21. The highest BCUT2D eigenvalue weighted by Crippen LogP contribution is 1.91. The van der Waals surface area contributed by atoms with Gasteiger partial charge in [-0.05, 0) is 6.42 Å². The minimum absolute atomic E-state index is 0.162. The first-order valence-corrected chi connectivity index (χ1v) is 5.37. The van der Waals surface area contributed by atoms with Gasteiger partial charge in [0.1, 0.15) is 6.67 Å². The molecule has 1 rings (SSSR count). The molecule has 0 aliphatic heterocycles. The van der Waals surface area contributed by atoms with Crippen LogP contribution in [0.25, 0.3) is 0 Å². The molecule has 1 aromatic heterocycles. The van der Waals surface area contributed by atoms with Crippen LogP contribution in [0.15, 0.2) is 15.8 Å². The fourth-order valence-corrected chi connectivity index (χ4v) is 1.42. The molecule has 0 saturated carbocycles. The Bertz CT molecular complexity index is 443. The fraction of sp³-hybridized carbons (Fsp3) is 0.556. The van der Waals surface area contributed by atoms with E-state index in [1.54, 1.807) is 0 Å². The summed E-state index contributed by atoms with van der Waals surface area (Å²) >= 11 is 5.52. The number of aromatic amines is 1. The molecule has 2 N–H and O–H groups in total. The van der Waals surface area contributed by atoms with Gasteiger partial charge in [-0.25, -0.2) is 9.18 Å². The van der Waals surface area contributed by atoms with Crippen molar-refractivity contribution in [1.29, 1.82) is 0 Å². The van der Waals surface area contributed by atoms with E-state index in [4.69, 9.17) is 11.6 Å². The van der Waals surface area contributed by atoms with Gasteiger partial charge < -0.3 is 0 Å². The van der Waals surface area contributed by atoms with Crippen molar-refractivity contribution in [2.45, 2.75) is 13.1 Å². The molecule has 90 valence electrons. The zero-order valence-electron chi connectivity index (χ0n) is 8.63. The molecule has 0 atom stereocenters. The molecule has 0 spiro atoms. The summed E-state index contributed by atoms with van der Waals surface area (Å²) in [6.45, 7) is -0.183. The number of H-pyrrole nitrogens is 1. The molecule has 1 heterocycles. The maximum atomic E-state index is 11.8. The average molecular weight is 250 g/mol. The van der Waals surface area contributed by atoms with Gasteiger partial charge in [-0.1, -0.05) is 0 Å². The summed E-state index contributed by atoms with van der Waals surface area (Å²) in [6.07, 6.45) is 1.83. The van der Waals surface area contributed by atoms with E-state index >= 15 is 0 Å². The lowest BCUT2D eigenvalue weighted by Gasteiger charge is -2.07. The number of hydrogen-bond acceptors (Lipinski definition) is 3. The van der Waals surface area contributed by atoms with Crippen molar-refractivity contribution in [2.24, 2.45) is 0 Å². The zero-order valence-corrected chi connectivity index (χ0v) is 9.39. The Balaban J connectivity index is 2.87. The minimum atomic E-state index is -0.519. The summed E-state index contributed by atoms with van der Waals surface area (Å²) in [5.41, 5.74) is -0.501. The summed E-state index contributed by atoms with van der Waals surface area (Å²) in [5.74, 6) is 0.305. The van der Waals surface area contributed by atoms with Crippen LogP contribution >= 0.6 is 11.6 Å². The molecular formula is C9H13ClFN3O2. The summed E-state index contributed by atoms with van der Waals surface area (Å²) in [5, 5.41) is 2.71. The van der Waals surface area contributed by atoms with Crippen molar-refractivity contribution >= 4 is 11.6 Å². The third-order valence-corrected chi connectivity index (χ3v) is 2.19. The van der Waals surface area contributed by atoms with E-state index in [1.165, 1.54) is 10.8 Å². The first-order chi connectivity index (χ1) is 7.69. The van der Waals surface area contributed by atoms with Crippen LogP contribution in [0.2, 0.25) is 0 Å². The minimum Gasteiger partial charge on any atom is -0.297 e. The molecule has 0 amide bonds. The van der Waals surface area contributed by atoms with Crippen molar-refractivity contribution < 1.29 is 4.39 Å². The van der Waals surface area contributed by atoms with Crippen molar-refractivity contribution in [3.8, 4) is 0 Å². The van der Waals surface area contributed by atoms with Crippen LogP contribution in [-0.2, 0) is 13.1 Å². The van der Waals surface area contributed by atoms with Crippen LogP contribution in [0, 0.1) is 0 Å². The molecule has 0 radical (unpaired) electrons. The van der Waals surface area contributed by atoms with E-state index in [0.717, 1.165) is 0 Å². The van der Waals surface area contributed by atoms with Gasteiger partial charge >= 0.3 is 5.69 Å². The molecule has 0 bridgehead atoms. The average Bonchev–Trinajstić information content (AvgIpc) is 2.25. The molecule has 0 fully saturated rings. The van der Waals surface area contributed by atoms with Crippen LogP contribution in [-0.4, -0.2) is 28.7 Å². The summed E-state index contributed by atoms with van der Waals surface area (Å²) < 4.78 is 13.1. The maximum absolute atomic E-state index is 11.8. The number of hydrogen-bond donors (Lipinski definition) is 2. The molecule has 0 aliphatic carbocycles. The van der Waals surface area contributed by atoms with E-state index in [-0.39, 0.29) is 13.2 Å². The summed E-state index contributed by atoms with van der Waals surface area (Å²) in [4.78, 5) is 24.8. The van der Waals surface area contributed by atoms with Crippen molar-refractivity contribution in [3.63, 3.8) is 0 Å². The second-order valence-electron chi connectivity index (χ2n) is 3.17. The number of aryl methyl sites for hydroxylation is 1. The molecule has 1 aromatic rings. The predicted octanol–water partition coefficient (Wildman–Crippen LogP) is -0.166. The number of halogens is 2. The third-order valence-electron chi connectivity index (χ3n) is 2.00. The van der Waals surface area contributed by atoms with Gasteiger partial charge in [0.2, 0.25) is 0 Å². The van der Waals surface area contributed by atoms with Gasteiger partial charge in [0.05, 0.1) is 6.67 Å². The second kappa shape index (κ2) is 6.44. The Morgan fingerprint density at radius 2 is 2.25 bits per heavy atom. The number of rotatable bonds is 6. The van der Waals surface area contributed by atoms with Crippen molar-refractivity contribution in [3.05, 3.63) is 32.6 Å². The fourth-order valence-electron chi connectivity index (χ4n) is 1.22. The number of nitrogens with zero attached hydrogens (tertiary/aromatic N) is 1. The normalized spacial score (nSPS) is 10.6. The largest absolute Gasteiger partial charge is 0.329 e. The molecular weight excluding hydrogens is 237 g/mol. The van der Waals surface area contributed by atoms with E-state index in [2.05, 4.69) is 10.3 Å². The lowest BCUT2D eigenvalue weighted by molar-refractivity contribution is 0.437. The highest BCUT2D eigenvalue weighted by atomic mass is 35.5. The monoisotopic (exact) mass is 249 g/mol. The maximum Gasteiger partial charge on any atom is 0.329 e. The quantitative estimate of drug-likeness (QED) is 0.544. The SMILES string of the molecule is O=c1[nH]c(=O)n(CNCCF)cc1CCCl. The van der Waals surface area contributed by atoms with Gasteiger partial charge in [0.15, 0.2) is 0 Å². The van der Waals surface area contributed by atoms with Crippen LogP contribution in [0.1, 0.15) is 5.56 Å². The number of nitrogens with one attached hydrogen (secondary N) is 2. The van der Waals surface area contributed by atoms with Crippen LogP contribution in [0.4, 0.5) is 4.39 Å². The Labute approximate surface area is 96.2 Å². The lowest BCUT2D eigenvalue weighted by atomic mass is 10.3. The molecule has 0 unspecified atom stereocenters. The smallest absolute Gasteiger partial charge is 0.297 e. The number of aromatic nitrogens is 2. The topological polar surface area (TPSA) is 66.9 Å². The first-order valence-electron chi connectivity index (χ1n) is 4.84. The molecule has 0 aromatic carbocycles. The lowest BCUT2D eigenvalue weighted by Crippen LogP contribution is -2.35. The zero-order chi connectivity index (χ0) is 12.0. The number of alkyl halides is 2. The molecule has 0 aliphatic rings. The third kappa shape index (κ3) is 3.46. The van der Waals surface area contributed by atoms with E-state index < -0.39 is 17.9 Å². The Hall–Kier alpha value is -1.14. The Morgan fingerprint density at radius 3 is 2.88 bits per heavy atom. The van der Waals surface area contributed by atoms with Gasteiger partial charge in [-0.3, -0.25) is 19.7 Å². The van der Waals surface area contributed by atoms with E-state index in [0.29, 0.717) is 17.9 Å². The van der Waals surface area contributed by atoms with Gasteiger partial charge in [-0.15, -0.1) is 11.6 Å². The van der Waals surface area contributed by atoms with Gasteiger partial charge in [0, 0.05) is 24.2 Å². The van der Waals surface area contributed by atoms with Crippen LogP contribution < -0.4 is 16.6 Å². The summed E-state index contributed by atoms with van der Waals surface area (Å²) in [6, 6.07) is 0. The molecule has 16 heavy (non-hydrogen) atoms. The van der Waals surface area contributed by atoms with Crippen LogP contribution in [0.5, 0.6) is 0 Å². The summed E-state index contributed by atoms with van der Waals surface area (Å²) in [7, 11) is 0. The van der Waals surface area contributed by atoms with Gasteiger partial charge in [-0.2, -0.15) is 0 Å². The standard InChI is InChI=1S/C9H13ClFN3O2/c10-2-1-7-5-14(6-12-4-3-11)9(16)13-8(7)15/h5,12H,1-4,6H2,(H,13,15,16). The van der Waals surface area contributed by atoms with E-state index in [9.17, 15) is 14.0 Å². The second-order valence-corrected chi connectivity index (χ2v) is 3.55. The molecule has 5 nitrogen and oxygen atoms in total. The predicted molar refractivity (Wildman–Crippen MR) is 59.7 cm³/mol. The highest BCUT2D eigenvalue weighted by molar-refractivity contribution is 6.17. The molecule has 0 saturated heterocycles. The Morgan fingerprint density at radius 1 is 1.50 bits per heavy atom. The van der Waals surface area contributed by atoms with Crippen molar-refractivity contribution in [1.82, 2.24) is 14.9 Å². The molecule has 7 heteroatoms. The highest BCUT2D eigenvalue weighted by Gasteiger charge is 2.03.